The number of hydrogen-bond acceptors (Lipinski definition) is 9. The standard InChI is InChI=1S/C24H39N5O8S/c1-4-35-23(36-5-2)11-14-27-24(31)37-20(18-38(32,33)21-8-6-19(3)7-9-21)10-13-26-22(30)12-16-34-17-15-28-29-25/h6-9,20,23H,4-5,10-18H2,1-3H3,(H,26,30)(H,27,31). The number of sulfone groups is 1. The molecule has 0 heterocycles. The maximum absolute atomic E-state index is 13.0. The van der Waals surface area contributed by atoms with Gasteiger partial charge in [0.15, 0.2) is 16.1 Å². The van der Waals surface area contributed by atoms with Crippen LogP contribution in [-0.2, 0) is 33.6 Å². The number of carbonyl (C=O) groups excluding carboxylic acids is 2. The van der Waals surface area contributed by atoms with Crippen LogP contribution in [0.2, 0.25) is 0 Å². The van der Waals surface area contributed by atoms with Crippen LogP contribution in [-0.4, -0.2) is 84.6 Å². The van der Waals surface area contributed by atoms with Crippen LogP contribution in [0.1, 0.15) is 38.7 Å². The third-order valence-electron chi connectivity index (χ3n) is 5.07. The Morgan fingerprint density at radius 2 is 1.68 bits per heavy atom. The maximum Gasteiger partial charge on any atom is 0.407 e. The SMILES string of the molecule is CCOC(CCNC(=O)OC(CCNC(=O)CCOCCN=[N+]=[N-])CS(=O)(=O)c1ccc(C)cc1)OCC. The van der Waals surface area contributed by atoms with Crippen molar-refractivity contribution in [3.05, 3.63) is 40.3 Å². The number of benzene rings is 1. The van der Waals surface area contributed by atoms with E-state index in [0.29, 0.717) is 19.6 Å². The van der Waals surface area contributed by atoms with E-state index in [1.807, 2.05) is 20.8 Å². The lowest BCUT2D eigenvalue weighted by atomic mass is 10.2. The Balaban J connectivity index is 2.67. The summed E-state index contributed by atoms with van der Waals surface area (Å²) in [4.78, 5) is 27.2. The largest absolute Gasteiger partial charge is 0.445 e. The van der Waals surface area contributed by atoms with Crippen molar-refractivity contribution < 1.29 is 37.0 Å². The second-order valence-electron chi connectivity index (χ2n) is 8.13. The molecule has 0 aliphatic carbocycles. The van der Waals surface area contributed by atoms with Gasteiger partial charge in [0.1, 0.15) is 6.10 Å². The lowest BCUT2D eigenvalue weighted by Crippen LogP contribution is -2.37. The van der Waals surface area contributed by atoms with Crippen LogP contribution in [0, 0.1) is 6.92 Å². The smallest absolute Gasteiger partial charge is 0.407 e. The van der Waals surface area contributed by atoms with Crippen molar-refractivity contribution in [3.63, 3.8) is 0 Å². The fourth-order valence-corrected chi connectivity index (χ4v) is 4.68. The molecule has 1 aromatic rings. The molecule has 0 aromatic heterocycles. The zero-order chi connectivity index (χ0) is 28.2. The van der Waals surface area contributed by atoms with Gasteiger partial charge in [0.2, 0.25) is 5.91 Å². The van der Waals surface area contributed by atoms with Gasteiger partial charge in [-0.2, -0.15) is 0 Å². The number of nitrogens with zero attached hydrogens (tertiary/aromatic N) is 3. The third kappa shape index (κ3) is 14.7. The van der Waals surface area contributed by atoms with Crippen LogP contribution >= 0.6 is 0 Å². The molecule has 1 aromatic carbocycles. The minimum absolute atomic E-state index is 0.0742. The first-order chi connectivity index (χ1) is 18.2. The van der Waals surface area contributed by atoms with Gasteiger partial charge in [-0.3, -0.25) is 4.79 Å². The van der Waals surface area contributed by atoms with E-state index in [9.17, 15) is 18.0 Å². The molecular weight excluding hydrogens is 518 g/mol. The zero-order valence-corrected chi connectivity index (χ0v) is 23.1. The number of amides is 2. The fourth-order valence-electron chi connectivity index (χ4n) is 3.21. The number of ether oxygens (including phenoxy) is 4. The summed E-state index contributed by atoms with van der Waals surface area (Å²) in [5.74, 6) is -0.751. The molecule has 14 heteroatoms. The lowest BCUT2D eigenvalue weighted by Gasteiger charge is -2.20. The summed E-state index contributed by atoms with van der Waals surface area (Å²) in [6, 6.07) is 6.40. The van der Waals surface area contributed by atoms with Gasteiger partial charge in [0.25, 0.3) is 0 Å². The molecule has 1 atom stereocenters. The Morgan fingerprint density at radius 3 is 2.32 bits per heavy atom. The van der Waals surface area contributed by atoms with Crippen LogP contribution in [0.4, 0.5) is 4.79 Å². The van der Waals surface area contributed by atoms with E-state index >= 15 is 0 Å². The summed E-state index contributed by atoms with van der Waals surface area (Å²) in [6.45, 7) is 7.26. The first kappa shape index (κ1) is 33.1. The number of carbonyl (C=O) groups is 2. The van der Waals surface area contributed by atoms with Crippen LogP contribution in [0.3, 0.4) is 0 Å². The van der Waals surface area contributed by atoms with E-state index in [4.69, 9.17) is 24.5 Å². The molecule has 0 aliphatic rings. The molecule has 0 saturated carbocycles. The Kier molecular flexibility index (Phi) is 16.7. The topological polar surface area (TPSA) is 178 Å². The predicted molar refractivity (Wildman–Crippen MR) is 140 cm³/mol. The molecule has 2 N–H and O–H groups in total. The second-order valence-corrected chi connectivity index (χ2v) is 10.2. The van der Waals surface area contributed by atoms with Gasteiger partial charge in [0, 0.05) is 57.0 Å². The van der Waals surface area contributed by atoms with Crippen molar-refractivity contribution in [2.45, 2.75) is 57.3 Å². The number of hydrogen-bond donors (Lipinski definition) is 2. The molecule has 0 spiro atoms. The van der Waals surface area contributed by atoms with Gasteiger partial charge in [0.05, 0.1) is 23.9 Å². The van der Waals surface area contributed by atoms with Crippen molar-refractivity contribution in [2.75, 3.05) is 51.8 Å². The van der Waals surface area contributed by atoms with Crippen molar-refractivity contribution >= 4 is 21.8 Å². The normalized spacial score (nSPS) is 12.0. The molecule has 1 rings (SSSR count). The fraction of sp³-hybridized carbons (Fsp3) is 0.667. The molecule has 0 aliphatic heterocycles. The molecule has 0 bridgehead atoms. The van der Waals surface area contributed by atoms with E-state index in [0.717, 1.165) is 5.56 Å². The van der Waals surface area contributed by atoms with Crippen molar-refractivity contribution in [2.24, 2.45) is 5.11 Å². The lowest BCUT2D eigenvalue weighted by molar-refractivity contribution is -0.138. The minimum Gasteiger partial charge on any atom is -0.445 e. The van der Waals surface area contributed by atoms with Crippen molar-refractivity contribution in [1.82, 2.24) is 10.6 Å². The quantitative estimate of drug-likeness (QED) is 0.0807. The van der Waals surface area contributed by atoms with Gasteiger partial charge >= 0.3 is 6.09 Å². The molecule has 214 valence electrons. The van der Waals surface area contributed by atoms with Crippen LogP contribution < -0.4 is 10.6 Å². The molecule has 0 radical (unpaired) electrons. The highest BCUT2D eigenvalue weighted by Crippen LogP contribution is 2.15. The number of nitrogens with one attached hydrogen (secondary N) is 2. The highest BCUT2D eigenvalue weighted by Gasteiger charge is 2.25. The number of aryl methyl sites for hydroxylation is 1. The molecule has 0 saturated heterocycles. The van der Waals surface area contributed by atoms with Crippen molar-refractivity contribution in [1.29, 1.82) is 0 Å². The van der Waals surface area contributed by atoms with E-state index in [1.165, 1.54) is 12.1 Å². The van der Waals surface area contributed by atoms with E-state index < -0.39 is 34.1 Å². The molecule has 1 unspecified atom stereocenters. The Labute approximate surface area is 224 Å². The summed E-state index contributed by atoms with van der Waals surface area (Å²) in [6.07, 6.45) is -1.70. The third-order valence-corrected chi connectivity index (χ3v) is 6.88. The van der Waals surface area contributed by atoms with Gasteiger partial charge in [-0.1, -0.05) is 22.8 Å². The Hall–Kier alpha value is -2.90. The number of rotatable bonds is 20. The molecule has 38 heavy (non-hydrogen) atoms. The van der Waals surface area contributed by atoms with Gasteiger partial charge < -0.3 is 29.6 Å². The molecular formula is C24H39N5O8S. The van der Waals surface area contributed by atoms with Crippen LogP contribution in [0.25, 0.3) is 10.4 Å². The van der Waals surface area contributed by atoms with E-state index in [1.54, 1.807) is 12.1 Å². The summed E-state index contributed by atoms with van der Waals surface area (Å²) in [7, 11) is -3.76. The van der Waals surface area contributed by atoms with Gasteiger partial charge in [-0.25, -0.2) is 13.2 Å². The molecule has 2 amide bonds. The second kappa shape index (κ2) is 19.2. The van der Waals surface area contributed by atoms with Gasteiger partial charge in [-0.05, 0) is 38.4 Å². The van der Waals surface area contributed by atoms with E-state index in [2.05, 4.69) is 20.7 Å². The molecule has 0 fully saturated rings. The monoisotopic (exact) mass is 557 g/mol. The highest BCUT2D eigenvalue weighted by atomic mass is 32.2. The first-order valence-electron chi connectivity index (χ1n) is 12.5. The molecule has 13 nitrogen and oxygen atoms in total. The number of azide groups is 1. The zero-order valence-electron chi connectivity index (χ0n) is 22.3. The van der Waals surface area contributed by atoms with Crippen LogP contribution in [0.5, 0.6) is 0 Å². The maximum atomic E-state index is 13.0. The van der Waals surface area contributed by atoms with E-state index in [-0.39, 0.29) is 56.5 Å². The average Bonchev–Trinajstić information content (AvgIpc) is 2.86. The summed E-state index contributed by atoms with van der Waals surface area (Å²) in [5, 5.41) is 8.59. The summed E-state index contributed by atoms with van der Waals surface area (Å²) in [5.41, 5.74) is 9.13. The highest BCUT2D eigenvalue weighted by molar-refractivity contribution is 7.91. The minimum atomic E-state index is -3.76. The van der Waals surface area contributed by atoms with Gasteiger partial charge in [-0.15, -0.1) is 0 Å². The predicted octanol–water partition coefficient (Wildman–Crippen LogP) is 2.88. The van der Waals surface area contributed by atoms with Crippen LogP contribution in [0.15, 0.2) is 34.3 Å². The average molecular weight is 558 g/mol. The number of alkyl carbamates (subject to hydrolysis) is 1. The Bertz CT molecular complexity index is 978. The first-order valence-corrected chi connectivity index (χ1v) is 14.2. The Morgan fingerprint density at radius 1 is 1.03 bits per heavy atom. The summed E-state index contributed by atoms with van der Waals surface area (Å²) < 4.78 is 47.4. The van der Waals surface area contributed by atoms with Crippen molar-refractivity contribution in [3.8, 4) is 0 Å². The summed E-state index contributed by atoms with van der Waals surface area (Å²) >= 11 is 0.